The Labute approximate surface area is 122 Å². The molecule has 1 fully saturated rings. The summed E-state index contributed by atoms with van der Waals surface area (Å²) in [6.07, 6.45) is 15.2. The zero-order valence-electron chi connectivity index (χ0n) is 12.5. The maximum absolute atomic E-state index is 11.4. The van der Waals surface area contributed by atoms with Gasteiger partial charge >= 0.3 is 5.97 Å². The zero-order valence-corrected chi connectivity index (χ0v) is 12.5. The van der Waals surface area contributed by atoms with Crippen LogP contribution in [0.3, 0.4) is 0 Å². The van der Waals surface area contributed by atoms with Gasteiger partial charge in [0.15, 0.2) is 0 Å². The summed E-state index contributed by atoms with van der Waals surface area (Å²) in [7, 11) is 0. The van der Waals surface area contributed by atoms with Gasteiger partial charge in [-0.25, -0.2) is 4.79 Å². The number of cyclic esters (lactones) is 1. The van der Waals surface area contributed by atoms with Crippen LogP contribution in [0.4, 0.5) is 0 Å². The molecule has 0 amide bonds. The van der Waals surface area contributed by atoms with Crippen molar-refractivity contribution in [2.75, 3.05) is 6.61 Å². The molecule has 114 valence electrons. The van der Waals surface area contributed by atoms with Gasteiger partial charge in [-0.2, -0.15) is 0 Å². The Bertz CT molecular complexity index is 320. The fraction of sp³-hybridized carbons (Fsp3) is 0.706. The number of allylic oxidation sites excluding steroid dienone is 2. The number of ether oxygens (including phenoxy) is 1. The van der Waals surface area contributed by atoms with Crippen LogP contribution in [0.2, 0.25) is 0 Å². The molecule has 3 nitrogen and oxygen atoms in total. The molecule has 0 bridgehead atoms. The van der Waals surface area contributed by atoms with Crippen molar-refractivity contribution in [2.45, 2.75) is 70.3 Å². The second kappa shape index (κ2) is 10.7. The Morgan fingerprint density at radius 1 is 1.10 bits per heavy atom. The quantitative estimate of drug-likeness (QED) is 0.270. The third-order valence-electron chi connectivity index (χ3n) is 3.69. The minimum atomic E-state index is -0.315. The SMILES string of the molecule is C=CCCCCCCCCC/C=C1\CC(CO)OC1=O. The van der Waals surface area contributed by atoms with Crippen LogP contribution in [-0.4, -0.2) is 23.8 Å². The van der Waals surface area contributed by atoms with Gasteiger partial charge in [0, 0.05) is 12.0 Å². The molecule has 0 radical (unpaired) electrons. The van der Waals surface area contributed by atoms with Crippen LogP contribution >= 0.6 is 0 Å². The summed E-state index contributed by atoms with van der Waals surface area (Å²) in [5.74, 6) is -0.244. The second-order valence-electron chi connectivity index (χ2n) is 5.48. The molecule has 1 aliphatic rings. The number of hydrogen-bond acceptors (Lipinski definition) is 3. The predicted molar refractivity (Wildman–Crippen MR) is 81.4 cm³/mol. The molecule has 0 saturated carbocycles. The number of carbonyl (C=O) groups excluding carboxylic acids is 1. The van der Waals surface area contributed by atoms with Gasteiger partial charge in [-0.1, -0.05) is 44.3 Å². The normalized spacial score (nSPS) is 20.4. The lowest BCUT2D eigenvalue weighted by Crippen LogP contribution is -2.10. The Kier molecular flexibility index (Phi) is 9.05. The molecule has 1 aliphatic heterocycles. The van der Waals surface area contributed by atoms with Gasteiger partial charge in [0.05, 0.1) is 6.61 Å². The average Bonchev–Trinajstić information content (AvgIpc) is 2.81. The van der Waals surface area contributed by atoms with Gasteiger partial charge in [-0.05, 0) is 25.7 Å². The van der Waals surface area contributed by atoms with Gasteiger partial charge in [-0.3, -0.25) is 0 Å². The molecule has 3 heteroatoms. The molecule has 0 aromatic heterocycles. The van der Waals surface area contributed by atoms with Crippen molar-refractivity contribution in [1.29, 1.82) is 0 Å². The molecule has 20 heavy (non-hydrogen) atoms. The van der Waals surface area contributed by atoms with E-state index in [1.807, 2.05) is 12.2 Å². The summed E-state index contributed by atoms with van der Waals surface area (Å²) in [5.41, 5.74) is 0.744. The highest BCUT2D eigenvalue weighted by atomic mass is 16.6. The van der Waals surface area contributed by atoms with Crippen LogP contribution in [0.1, 0.15) is 64.2 Å². The topological polar surface area (TPSA) is 46.5 Å². The Hall–Kier alpha value is -1.09. The molecule has 0 aliphatic carbocycles. The van der Waals surface area contributed by atoms with Crippen molar-refractivity contribution in [3.05, 3.63) is 24.3 Å². The highest BCUT2D eigenvalue weighted by Gasteiger charge is 2.27. The first-order chi connectivity index (χ1) is 9.77. The monoisotopic (exact) mass is 280 g/mol. The minimum absolute atomic E-state index is 0.0745. The van der Waals surface area contributed by atoms with Crippen LogP contribution in [0, 0.1) is 0 Å². The molecule has 0 spiro atoms. The fourth-order valence-electron chi connectivity index (χ4n) is 2.46. The van der Waals surface area contributed by atoms with E-state index in [9.17, 15) is 4.79 Å². The number of hydrogen-bond donors (Lipinski definition) is 1. The smallest absolute Gasteiger partial charge is 0.334 e. The van der Waals surface area contributed by atoms with Crippen LogP contribution in [0.15, 0.2) is 24.3 Å². The number of carbonyl (C=O) groups is 1. The van der Waals surface area contributed by atoms with Gasteiger partial charge in [0.25, 0.3) is 0 Å². The van der Waals surface area contributed by atoms with Crippen LogP contribution in [-0.2, 0) is 9.53 Å². The van der Waals surface area contributed by atoms with Crippen molar-refractivity contribution in [1.82, 2.24) is 0 Å². The molecule has 1 atom stereocenters. The van der Waals surface area contributed by atoms with Crippen molar-refractivity contribution in [3.8, 4) is 0 Å². The largest absolute Gasteiger partial charge is 0.456 e. The van der Waals surface area contributed by atoms with Crippen LogP contribution in [0.5, 0.6) is 0 Å². The van der Waals surface area contributed by atoms with Crippen molar-refractivity contribution in [2.24, 2.45) is 0 Å². The highest BCUT2D eigenvalue weighted by molar-refractivity contribution is 5.90. The molecular formula is C17H28O3. The van der Waals surface area contributed by atoms with Crippen LogP contribution in [0.25, 0.3) is 0 Å². The van der Waals surface area contributed by atoms with Crippen molar-refractivity contribution in [3.63, 3.8) is 0 Å². The first-order valence-electron chi connectivity index (χ1n) is 7.89. The fourth-order valence-corrected chi connectivity index (χ4v) is 2.46. The molecule has 1 N–H and O–H groups in total. The molecule has 1 rings (SSSR count). The summed E-state index contributed by atoms with van der Waals surface area (Å²) >= 11 is 0. The van der Waals surface area contributed by atoms with E-state index in [-0.39, 0.29) is 18.7 Å². The van der Waals surface area contributed by atoms with E-state index in [0.717, 1.165) is 24.8 Å². The van der Waals surface area contributed by atoms with E-state index in [4.69, 9.17) is 9.84 Å². The highest BCUT2D eigenvalue weighted by Crippen LogP contribution is 2.21. The Morgan fingerprint density at radius 2 is 1.70 bits per heavy atom. The second-order valence-corrected chi connectivity index (χ2v) is 5.48. The summed E-state index contributed by atoms with van der Waals surface area (Å²) in [6.45, 7) is 3.65. The maximum atomic E-state index is 11.4. The summed E-state index contributed by atoms with van der Waals surface area (Å²) in [4.78, 5) is 11.4. The van der Waals surface area contributed by atoms with E-state index in [1.54, 1.807) is 0 Å². The lowest BCUT2D eigenvalue weighted by atomic mass is 10.1. The molecule has 1 unspecified atom stereocenters. The number of esters is 1. The zero-order chi connectivity index (χ0) is 14.6. The first-order valence-corrected chi connectivity index (χ1v) is 7.89. The minimum Gasteiger partial charge on any atom is -0.456 e. The van der Waals surface area contributed by atoms with Crippen LogP contribution < -0.4 is 0 Å². The number of aliphatic hydroxyl groups excluding tert-OH is 1. The van der Waals surface area contributed by atoms with E-state index >= 15 is 0 Å². The first kappa shape index (κ1) is 17.0. The number of unbranched alkanes of at least 4 members (excludes halogenated alkanes) is 8. The van der Waals surface area contributed by atoms with E-state index < -0.39 is 0 Å². The predicted octanol–water partition coefficient (Wildman–Crippen LogP) is 3.92. The van der Waals surface area contributed by atoms with E-state index in [1.165, 1.54) is 38.5 Å². The van der Waals surface area contributed by atoms with Crippen molar-refractivity contribution < 1.29 is 14.6 Å². The molecule has 1 saturated heterocycles. The number of aliphatic hydroxyl groups is 1. The summed E-state index contributed by atoms with van der Waals surface area (Å²) in [5, 5.41) is 8.94. The van der Waals surface area contributed by atoms with Gasteiger partial charge < -0.3 is 9.84 Å². The molecule has 0 aromatic rings. The van der Waals surface area contributed by atoms with Gasteiger partial charge in [0.1, 0.15) is 6.10 Å². The summed E-state index contributed by atoms with van der Waals surface area (Å²) in [6, 6.07) is 0. The maximum Gasteiger partial charge on any atom is 0.334 e. The lowest BCUT2D eigenvalue weighted by molar-refractivity contribution is -0.140. The Balaban J connectivity index is 1.97. The summed E-state index contributed by atoms with van der Waals surface area (Å²) < 4.78 is 5.00. The lowest BCUT2D eigenvalue weighted by Gasteiger charge is -2.00. The molecule has 1 heterocycles. The van der Waals surface area contributed by atoms with Crippen molar-refractivity contribution >= 4 is 5.97 Å². The number of rotatable bonds is 11. The van der Waals surface area contributed by atoms with Gasteiger partial charge in [0.2, 0.25) is 0 Å². The van der Waals surface area contributed by atoms with E-state index in [2.05, 4.69) is 6.58 Å². The third-order valence-corrected chi connectivity index (χ3v) is 3.69. The third kappa shape index (κ3) is 6.90. The molecular weight excluding hydrogens is 252 g/mol. The Morgan fingerprint density at radius 3 is 2.25 bits per heavy atom. The van der Waals surface area contributed by atoms with Gasteiger partial charge in [-0.15, -0.1) is 6.58 Å². The molecule has 0 aromatic carbocycles. The standard InChI is InChI=1S/C17H28O3/c1-2-3-4-5-6-7-8-9-10-11-12-15-13-16(14-18)20-17(15)19/h2,12,16,18H,1,3-11,13-14H2/b15-12+. The average molecular weight is 280 g/mol. The van der Waals surface area contributed by atoms with E-state index in [0.29, 0.717) is 6.42 Å².